The van der Waals surface area contributed by atoms with Crippen molar-refractivity contribution < 1.29 is 14.3 Å². The fourth-order valence-corrected chi connectivity index (χ4v) is 4.55. The largest absolute Gasteiger partial charge is 0.457 e. The third-order valence-corrected chi connectivity index (χ3v) is 5.78. The first kappa shape index (κ1) is 15.8. The highest BCUT2D eigenvalue weighted by Crippen LogP contribution is 2.53. The van der Waals surface area contributed by atoms with Gasteiger partial charge in [-0.2, -0.15) is 5.26 Å². The summed E-state index contributed by atoms with van der Waals surface area (Å²) in [7, 11) is 0. The van der Waals surface area contributed by atoms with Crippen molar-refractivity contribution in [1.82, 2.24) is 0 Å². The zero-order valence-electron chi connectivity index (χ0n) is 14.4. The van der Waals surface area contributed by atoms with Crippen LogP contribution in [0, 0.1) is 35.0 Å². The average Bonchev–Trinajstić information content (AvgIpc) is 3.37. The minimum Gasteiger partial charge on any atom is -0.457 e. The van der Waals surface area contributed by atoms with Crippen molar-refractivity contribution in [2.75, 3.05) is 4.90 Å². The molecule has 2 aromatic rings. The number of nitriles is 1. The normalized spacial score (nSPS) is 27.7. The molecule has 2 bridgehead atoms. The molecule has 0 aromatic heterocycles. The average molecular weight is 356 g/mol. The van der Waals surface area contributed by atoms with Crippen LogP contribution in [0.2, 0.25) is 0 Å². The van der Waals surface area contributed by atoms with E-state index in [1.807, 2.05) is 0 Å². The molecule has 0 radical (unpaired) electrons. The lowest BCUT2D eigenvalue weighted by atomic mass is 9.85. The van der Waals surface area contributed by atoms with Crippen LogP contribution >= 0.6 is 0 Å². The number of nitrogens with zero attached hydrogens (tertiary/aromatic N) is 2. The molecule has 5 nitrogen and oxygen atoms in total. The number of hydrogen-bond donors (Lipinski definition) is 0. The number of carbonyl (C=O) groups excluding carboxylic acids is 2. The van der Waals surface area contributed by atoms with E-state index in [0.717, 1.165) is 6.42 Å². The Balaban J connectivity index is 1.35. The second-order valence-electron chi connectivity index (χ2n) is 7.24. The number of allylic oxidation sites excluding steroid dienone is 2. The fraction of sp³-hybridized carbons (Fsp3) is 0.227. The van der Waals surface area contributed by atoms with Crippen molar-refractivity contribution >= 4 is 17.5 Å². The van der Waals surface area contributed by atoms with Gasteiger partial charge in [-0.15, -0.1) is 0 Å². The van der Waals surface area contributed by atoms with Crippen LogP contribution < -0.4 is 9.64 Å². The molecule has 4 atom stereocenters. The summed E-state index contributed by atoms with van der Waals surface area (Å²) in [6, 6.07) is 15.9. The van der Waals surface area contributed by atoms with Crippen LogP contribution in [0.1, 0.15) is 12.0 Å². The number of anilines is 1. The first-order valence-electron chi connectivity index (χ1n) is 9.00. The molecule has 2 amide bonds. The van der Waals surface area contributed by atoms with Crippen LogP contribution in [0.25, 0.3) is 0 Å². The summed E-state index contributed by atoms with van der Waals surface area (Å²) < 4.78 is 5.76. The van der Waals surface area contributed by atoms with Crippen LogP contribution in [0.15, 0.2) is 60.7 Å². The third-order valence-electron chi connectivity index (χ3n) is 5.78. The standard InChI is InChI=1S/C22H16N2O3/c23-12-13-1-7-17(8-2-13)27-18-9-5-16(6-10-18)24-21(25)19-14-3-4-15(11-14)20(19)22(24)26/h1-10,14-15,19-20H,11H2/t14-,15-,19+,20+/m0/s1. The highest BCUT2D eigenvalue weighted by atomic mass is 16.5. The van der Waals surface area contributed by atoms with E-state index in [1.165, 1.54) is 4.90 Å². The van der Waals surface area contributed by atoms with Crippen molar-refractivity contribution in [1.29, 1.82) is 5.26 Å². The molecule has 1 aliphatic heterocycles. The number of benzene rings is 2. The summed E-state index contributed by atoms with van der Waals surface area (Å²) in [6.07, 6.45) is 5.11. The van der Waals surface area contributed by atoms with Crippen molar-refractivity contribution in [3.05, 3.63) is 66.2 Å². The second kappa shape index (κ2) is 5.82. The molecule has 2 aliphatic carbocycles. The molecule has 1 heterocycles. The van der Waals surface area contributed by atoms with Crippen LogP contribution in [-0.4, -0.2) is 11.8 Å². The smallest absolute Gasteiger partial charge is 0.238 e. The van der Waals surface area contributed by atoms with Crippen molar-refractivity contribution in [2.45, 2.75) is 6.42 Å². The van der Waals surface area contributed by atoms with E-state index in [0.29, 0.717) is 22.7 Å². The minimum atomic E-state index is -0.193. The summed E-state index contributed by atoms with van der Waals surface area (Å²) in [4.78, 5) is 27.0. The first-order chi connectivity index (χ1) is 13.2. The lowest BCUT2D eigenvalue weighted by Crippen LogP contribution is -2.32. The van der Waals surface area contributed by atoms with Gasteiger partial charge in [0, 0.05) is 0 Å². The molecule has 1 saturated heterocycles. The summed E-state index contributed by atoms with van der Waals surface area (Å²) >= 11 is 0. The van der Waals surface area contributed by atoms with Gasteiger partial charge < -0.3 is 4.74 Å². The number of amides is 2. The molecule has 27 heavy (non-hydrogen) atoms. The topological polar surface area (TPSA) is 70.4 Å². The van der Waals surface area contributed by atoms with E-state index < -0.39 is 0 Å². The van der Waals surface area contributed by atoms with Gasteiger partial charge in [-0.25, -0.2) is 0 Å². The Morgan fingerprint density at radius 2 is 1.37 bits per heavy atom. The second-order valence-corrected chi connectivity index (χ2v) is 7.24. The summed E-state index contributed by atoms with van der Waals surface area (Å²) in [5.41, 5.74) is 1.16. The molecule has 0 unspecified atom stereocenters. The predicted octanol–water partition coefficient (Wildman–Crippen LogP) is 3.66. The number of hydrogen-bond acceptors (Lipinski definition) is 4. The van der Waals surface area contributed by atoms with Crippen molar-refractivity contribution in [2.24, 2.45) is 23.7 Å². The van der Waals surface area contributed by atoms with E-state index in [2.05, 4.69) is 18.2 Å². The molecule has 132 valence electrons. The first-order valence-corrected chi connectivity index (χ1v) is 9.00. The van der Waals surface area contributed by atoms with Gasteiger partial charge >= 0.3 is 0 Å². The number of carbonyl (C=O) groups is 2. The van der Waals surface area contributed by atoms with E-state index in [4.69, 9.17) is 10.00 Å². The van der Waals surface area contributed by atoms with E-state index in [-0.39, 0.29) is 35.5 Å². The van der Waals surface area contributed by atoms with Gasteiger partial charge in [0.2, 0.25) is 11.8 Å². The highest BCUT2D eigenvalue weighted by molar-refractivity contribution is 6.22. The molecular weight excluding hydrogens is 340 g/mol. The maximum Gasteiger partial charge on any atom is 0.238 e. The quantitative estimate of drug-likeness (QED) is 0.622. The van der Waals surface area contributed by atoms with Crippen LogP contribution in [0.5, 0.6) is 11.5 Å². The van der Waals surface area contributed by atoms with Gasteiger partial charge in [-0.1, -0.05) is 12.2 Å². The molecule has 3 aliphatic rings. The Labute approximate surface area is 156 Å². The number of rotatable bonds is 3. The molecule has 2 fully saturated rings. The molecular formula is C22H16N2O3. The molecule has 0 spiro atoms. The van der Waals surface area contributed by atoms with E-state index in [1.54, 1.807) is 48.5 Å². The molecule has 1 saturated carbocycles. The van der Waals surface area contributed by atoms with Gasteiger partial charge in [-0.05, 0) is 66.8 Å². The van der Waals surface area contributed by atoms with Gasteiger partial charge in [0.1, 0.15) is 11.5 Å². The summed E-state index contributed by atoms with van der Waals surface area (Å²) in [5, 5.41) is 8.84. The predicted molar refractivity (Wildman–Crippen MR) is 97.9 cm³/mol. The minimum absolute atomic E-state index is 0.0809. The fourth-order valence-electron chi connectivity index (χ4n) is 4.55. The third kappa shape index (κ3) is 2.37. The zero-order chi connectivity index (χ0) is 18.5. The van der Waals surface area contributed by atoms with Crippen LogP contribution in [0.4, 0.5) is 5.69 Å². The van der Waals surface area contributed by atoms with Crippen molar-refractivity contribution in [3.8, 4) is 17.6 Å². The number of fused-ring (bicyclic) bond motifs is 5. The van der Waals surface area contributed by atoms with Crippen LogP contribution in [-0.2, 0) is 9.59 Å². The van der Waals surface area contributed by atoms with Crippen LogP contribution in [0.3, 0.4) is 0 Å². The lowest BCUT2D eigenvalue weighted by molar-refractivity contribution is -0.123. The molecule has 0 N–H and O–H groups in total. The monoisotopic (exact) mass is 356 g/mol. The summed E-state index contributed by atoms with van der Waals surface area (Å²) in [5.74, 6) is 1.09. The Morgan fingerprint density at radius 1 is 0.852 bits per heavy atom. The van der Waals surface area contributed by atoms with E-state index >= 15 is 0 Å². The highest BCUT2D eigenvalue weighted by Gasteiger charge is 2.59. The number of imide groups is 1. The Hall–Kier alpha value is -3.39. The molecule has 5 rings (SSSR count). The SMILES string of the molecule is N#Cc1ccc(Oc2ccc(N3C(=O)[C@H]4[C@H](C3=O)[C@H]3C=C[C@H]4C3)cc2)cc1. The maximum absolute atomic E-state index is 12.8. The van der Waals surface area contributed by atoms with E-state index in [9.17, 15) is 9.59 Å². The number of ether oxygens (including phenoxy) is 1. The summed E-state index contributed by atoms with van der Waals surface area (Å²) in [6.45, 7) is 0. The Morgan fingerprint density at radius 3 is 1.89 bits per heavy atom. The van der Waals surface area contributed by atoms with Crippen molar-refractivity contribution in [3.63, 3.8) is 0 Å². The maximum atomic E-state index is 12.8. The molecule has 5 heteroatoms. The molecule has 2 aromatic carbocycles. The Kier molecular flexibility index (Phi) is 3.41. The van der Waals surface area contributed by atoms with Gasteiger partial charge in [0.25, 0.3) is 0 Å². The van der Waals surface area contributed by atoms with Gasteiger partial charge in [0.15, 0.2) is 0 Å². The van der Waals surface area contributed by atoms with Gasteiger partial charge in [0.05, 0.1) is 29.2 Å². The Bertz CT molecular complexity index is 971. The zero-order valence-corrected chi connectivity index (χ0v) is 14.4. The van der Waals surface area contributed by atoms with Gasteiger partial charge in [-0.3, -0.25) is 14.5 Å². The lowest BCUT2D eigenvalue weighted by Gasteiger charge is -2.17.